The van der Waals surface area contributed by atoms with Gasteiger partial charge in [-0.25, -0.2) is 0 Å². The topological polar surface area (TPSA) is 38.0 Å². The Labute approximate surface area is 110 Å². The van der Waals surface area contributed by atoms with E-state index >= 15 is 0 Å². The lowest BCUT2D eigenvalue weighted by molar-refractivity contribution is 0.359. The molecule has 0 amide bonds. The molecule has 2 aliphatic rings. The van der Waals surface area contributed by atoms with Crippen LogP contribution in [0.5, 0.6) is 0 Å². The van der Waals surface area contributed by atoms with Crippen LogP contribution in [0.1, 0.15) is 68.0 Å². The molecule has 0 aliphatic heterocycles. The van der Waals surface area contributed by atoms with Crippen LogP contribution in [0.15, 0.2) is 24.3 Å². The minimum absolute atomic E-state index is 0.365. The van der Waals surface area contributed by atoms with Gasteiger partial charge in [-0.2, -0.15) is 0 Å². The summed E-state index contributed by atoms with van der Waals surface area (Å²) in [6, 6.07) is 9.31. The molecule has 1 atom stereocenters. The molecule has 3 rings (SSSR count). The smallest absolute Gasteiger partial charge is 0.0490 e. The van der Waals surface area contributed by atoms with Crippen molar-refractivity contribution in [2.24, 2.45) is 11.8 Å². The monoisotopic (exact) mass is 244 g/mol. The number of rotatable bonds is 4. The molecule has 2 aliphatic carbocycles. The van der Waals surface area contributed by atoms with Gasteiger partial charge >= 0.3 is 0 Å². The molecular formula is C16H24N2. The van der Waals surface area contributed by atoms with E-state index in [-0.39, 0.29) is 0 Å². The third kappa shape index (κ3) is 2.19. The van der Waals surface area contributed by atoms with Gasteiger partial charge in [-0.15, -0.1) is 0 Å². The van der Waals surface area contributed by atoms with Crippen LogP contribution in [-0.4, -0.2) is 0 Å². The summed E-state index contributed by atoms with van der Waals surface area (Å²) >= 11 is 0. The van der Waals surface area contributed by atoms with Crippen molar-refractivity contribution in [3.05, 3.63) is 35.4 Å². The zero-order valence-corrected chi connectivity index (χ0v) is 11.1. The summed E-state index contributed by atoms with van der Waals surface area (Å²) in [7, 11) is 0. The highest BCUT2D eigenvalue weighted by atomic mass is 15.2. The van der Waals surface area contributed by atoms with Crippen LogP contribution < -0.4 is 11.3 Å². The van der Waals surface area contributed by atoms with Gasteiger partial charge in [0.1, 0.15) is 0 Å². The van der Waals surface area contributed by atoms with Crippen molar-refractivity contribution in [1.29, 1.82) is 0 Å². The second-order valence-electron chi connectivity index (χ2n) is 5.95. The molecule has 0 radical (unpaired) electrons. The zero-order valence-electron chi connectivity index (χ0n) is 11.1. The molecule has 0 spiro atoms. The van der Waals surface area contributed by atoms with Crippen molar-refractivity contribution in [3.63, 3.8) is 0 Å². The highest BCUT2D eigenvalue weighted by Crippen LogP contribution is 2.43. The van der Waals surface area contributed by atoms with Crippen molar-refractivity contribution in [3.8, 4) is 0 Å². The summed E-state index contributed by atoms with van der Waals surface area (Å²) in [6.07, 6.45) is 9.51. The quantitative estimate of drug-likeness (QED) is 0.626. The van der Waals surface area contributed by atoms with Crippen LogP contribution in [-0.2, 0) is 0 Å². The second kappa shape index (κ2) is 5.41. The summed E-state index contributed by atoms with van der Waals surface area (Å²) < 4.78 is 0. The predicted molar refractivity (Wildman–Crippen MR) is 75.1 cm³/mol. The minimum Gasteiger partial charge on any atom is -0.271 e. The molecule has 0 aromatic heterocycles. The molecule has 3 N–H and O–H groups in total. The average molecular weight is 244 g/mol. The SMILES string of the molecule is NNC(c1ccccc1C1CCC1)C1CCCC1. The van der Waals surface area contributed by atoms with E-state index in [1.807, 2.05) is 0 Å². The average Bonchev–Trinajstić information content (AvgIpc) is 2.84. The van der Waals surface area contributed by atoms with E-state index in [1.165, 1.54) is 50.5 Å². The Bertz CT molecular complexity index is 392. The third-order valence-corrected chi connectivity index (χ3v) is 4.93. The highest BCUT2D eigenvalue weighted by molar-refractivity contribution is 5.34. The fourth-order valence-corrected chi connectivity index (χ4v) is 3.66. The van der Waals surface area contributed by atoms with E-state index in [0.717, 1.165) is 11.8 Å². The first kappa shape index (κ1) is 12.2. The van der Waals surface area contributed by atoms with Crippen LogP contribution in [0.4, 0.5) is 0 Å². The van der Waals surface area contributed by atoms with E-state index < -0.39 is 0 Å². The van der Waals surface area contributed by atoms with Crippen molar-refractivity contribution in [1.82, 2.24) is 5.43 Å². The van der Waals surface area contributed by atoms with E-state index in [9.17, 15) is 0 Å². The number of hydrogen-bond donors (Lipinski definition) is 2. The Morgan fingerprint density at radius 2 is 1.72 bits per heavy atom. The highest BCUT2D eigenvalue weighted by Gasteiger charge is 2.30. The maximum atomic E-state index is 5.86. The first-order valence-corrected chi connectivity index (χ1v) is 7.45. The number of hydrazine groups is 1. The van der Waals surface area contributed by atoms with Gasteiger partial charge in [-0.05, 0) is 48.6 Å². The van der Waals surface area contributed by atoms with Gasteiger partial charge < -0.3 is 0 Å². The third-order valence-electron chi connectivity index (χ3n) is 4.93. The van der Waals surface area contributed by atoms with E-state index in [1.54, 1.807) is 5.56 Å². The van der Waals surface area contributed by atoms with Crippen LogP contribution in [0.25, 0.3) is 0 Å². The molecule has 0 bridgehead atoms. The van der Waals surface area contributed by atoms with Gasteiger partial charge in [0, 0.05) is 6.04 Å². The summed E-state index contributed by atoms with van der Waals surface area (Å²) in [5.41, 5.74) is 6.13. The Hall–Kier alpha value is -0.860. The molecule has 2 saturated carbocycles. The molecule has 0 saturated heterocycles. The summed E-state index contributed by atoms with van der Waals surface area (Å²) in [4.78, 5) is 0. The Morgan fingerprint density at radius 1 is 1.00 bits per heavy atom. The predicted octanol–water partition coefficient (Wildman–Crippen LogP) is 3.65. The van der Waals surface area contributed by atoms with E-state index in [2.05, 4.69) is 29.7 Å². The second-order valence-corrected chi connectivity index (χ2v) is 5.95. The largest absolute Gasteiger partial charge is 0.271 e. The van der Waals surface area contributed by atoms with Gasteiger partial charge in [0.2, 0.25) is 0 Å². The molecular weight excluding hydrogens is 220 g/mol. The van der Waals surface area contributed by atoms with Crippen molar-refractivity contribution in [2.45, 2.75) is 56.9 Å². The molecule has 1 aromatic carbocycles. The number of hydrogen-bond acceptors (Lipinski definition) is 2. The molecule has 1 aromatic rings. The number of nitrogens with one attached hydrogen (secondary N) is 1. The summed E-state index contributed by atoms with van der Waals surface area (Å²) in [5.74, 6) is 7.39. The van der Waals surface area contributed by atoms with Gasteiger partial charge in [0.25, 0.3) is 0 Å². The maximum absolute atomic E-state index is 5.86. The molecule has 2 heteroatoms. The fraction of sp³-hybridized carbons (Fsp3) is 0.625. The maximum Gasteiger partial charge on any atom is 0.0490 e. The number of nitrogens with two attached hydrogens (primary N) is 1. The lowest BCUT2D eigenvalue weighted by Gasteiger charge is -2.32. The zero-order chi connectivity index (χ0) is 12.4. The van der Waals surface area contributed by atoms with Crippen LogP contribution >= 0.6 is 0 Å². The summed E-state index contributed by atoms with van der Waals surface area (Å²) in [6.45, 7) is 0. The Morgan fingerprint density at radius 3 is 2.33 bits per heavy atom. The molecule has 1 unspecified atom stereocenters. The van der Waals surface area contributed by atoms with Crippen LogP contribution in [0.2, 0.25) is 0 Å². The van der Waals surface area contributed by atoms with Gasteiger partial charge in [-0.1, -0.05) is 43.5 Å². The van der Waals surface area contributed by atoms with Gasteiger partial charge in [0.05, 0.1) is 0 Å². The normalized spacial score (nSPS) is 22.9. The summed E-state index contributed by atoms with van der Waals surface area (Å²) in [5, 5.41) is 0. The molecule has 18 heavy (non-hydrogen) atoms. The van der Waals surface area contributed by atoms with Gasteiger partial charge in [0.15, 0.2) is 0 Å². The standard InChI is InChI=1S/C16H24N2/c17-18-16(13-6-1-2-7-13)15-11-4-3-10-14(15)12-8-5-9-12/h3-4,10-13,16,18H,1-2,5-9,17H2. The first-order valence-electron chi connectivity index (χ1n) is 7.45. The number of benzene rings is 1. The lowest BCUT2D eigenvalue weighted by Crippen LogP contribution is -2.34. The minimum atomic E-state index is 0.365. The molecule has 2 nitrogen and oxygen atoms in total. The van der Waals surface area contributed by atoms with Crippen LogP contribution in [0.3, 0.4) is 0 Å². The Kier molecular flexibility index (Phi) is 3.67. The van der Waals surface area contributed by atoms with Gasteiger partial charge in [-0.3, -0.25) is 11.3 Å². The van der Waals surface area contributed by atoms with Crippen molar-refractivity contribution in [2.75, 3.05) is 0 Å². The van der Waals surface area contributed by atoms with Crippen LogP contribution in [0, 0.1) is 5.92 Å². The first-order chi connectivity index (χ1) is 8.90. The molecule has 2 fully saturated rings. The van der Waals surface area contributed by atoms with E-state index in [0.29, 0.717) is 6.04 Å². The fourth-order valence-electron chi connectivity index (χ4n) is 3.66. The molecule has 98 valence electrons. The lowest BCUT2D eigenvalue weighted by atomic mass is 9.76. The molecule has 0 heterocycles. The van der Waals surface area contributed by atoms with Crippen molar-refractivity contribution >= 4 is 0 Å². The van der Waals surface area contributed by atoms with E-state index in [4.69, 9.17) is 5.84 Å². The van der Waals surface area contributed by atoms with Crippen molar-refractivity contribution < 1.29 is 0 Å². The Balaban J connectivity index is 1.88.